The molecule has 1 aromatic rings. The van der Waals surface area contributed by atoms with Crippen LogP contribution in [0.1, 0.15) is 18.1 Å². The summed E-state index contributed by atoms with van der Waals surface area (Å²) in [7, 11) is 0. The van der Waals surface area contributed by atoms with Crippen LogP contribution in [0.2, 0.25) is 0 Å². The van der Waals surface area contributed by atoms with Gasteiger partial charge in [0.15, 0.2) is 0 Å². The number of phenolic OH excluding ortho intramolecular Hbond substituents is 1. The summed E-state index contributed by atoms with van der Waals surface area (Å²) in [5.74, 6) is -0.944. The molecule has 0 saturated heterocycles. The Kier molecular flexibility index (Phi) is 4.90. The van der Waals surface area contributed by atoms with Gasteiger partial charge in [-0.1, -0.05) is 13.0 Å². The van der Waals surface area contributed by atoms with Crippen LogP contribution in [0.25, 0.3) is 0 Å². The van der Waals surface area contributed by atoms with Gasteiger partial charge in [0.2, 0.25) is 0 Å². The van der Waals surface area contributed by atoms with Crippen LogP contribution < -0.4 is 0 Å². The SMILES string of the molecule is CCN(Cc1ccc(O)c(C(F)(F)F)c1)CC(F)(F)F. The first-order chi connectivity index (χ1) is 9.03. The fourth-order valence-electron chi connectivity index (χ4n) is 1.70. The largest absolute Gasteiger partial charge is 0.507 e. The van der Waals surface area contributed by atoms with Gasteiger partial charge < -0.3 is 5.11 Å². The average molecular weight is 301 g/mol. The van der Waals surface area contributed by atoms with Crippen molar-refractivity contribution in [2.24, 2.45) is 0 Å². The quantitative estimate of drug-likeness (QED) is 0.855. The van der Waals surface area contributed by atoms with Gasteiger partial charge in [0.1, 0.15) is 5.75 Å². The highest BCUT2D eigenvalue weighted by molar-refractivity contribution is 5.38. The summed E-state index contributed by atoms with van der Waals surface area (Å²) < 4.78 is 74.5. The third-order valence-electron chi connectivity index (χ3n) is 2.62. The first kappa shape index (κ1) is 16.6. The Bertz CT molecular complexity index is 454. The Labute approximate surface area is 111 Å². The van der Waals surface area contributed by atoms with Gasteiger partial charge >= 0.3 is 12.4 Å². The number of hydrogen-bond acceptors (Lipinski definition) is 2. The van der Waals surface area contributed by atoms with Gasteiger partial charge in [0.05, 0.1) is 12.1 Å². The van der Waals surface area contributed by atoms with Crippen molar-refractivity contribution in [1.29, 1.82) is 0 Å². The maximum Gasteiger partial charge on any atom is 0.419 e. The highest BCUT2D eigenvalue weighted by Crippen LogP contribution is 2.36. The number of nitrogens with zero attached hydrogens (tertiary/aromatic N) is 1. The highest BCUT2D eigenvalue weighted by atomic mass is 19.4. The molecule has 0 saturated carbocycles. The number of rotatable bonds is 4. The topological polar surface area (TPSA) is 23.5 Å². The normalized spacial score (nSPS) is 13.0. The molecular weight excluding hydrogens is 288 g/mol. The second-order valence-corrected chi connectivity index (χ2v) is 4.27. The van der Waals surface area contributed by atoms with E-state index in [2.05, 4.69) is 0 Å². The van der Waals surface area contributed by atoms with E-state index in [0.717, 1.165) is 11.0 Å². The van der Waals surface area contributed by atoms with Crippen LogP contribution in [0, 0.1) is 0 Å². The molecule has 0 aliphatic carbocycles. The molecule has 0 fully saturated rings. The third-order valence-corrected chi connectivity index (χ3v) is 2.62. The third kappa shape index (κ3) is 4.92. The van der Waals surface area contributed by atoms with Crippen molar-refractivity contribution in [3.8, 4) is 5.75 Å². The van der Waals surface area contributed by atoms with E-state index in [1.807, 2.05) is 0 Å². The monoisotopic (exact) mass is 301 g/mol. The summed E-state index contributed by atoms with van der Waals surface area (Å²) in [6.45, 7) is 0.0453. The van der Waals surface area contributed by atoms with Gasteiger partial charge in [-0.3, -0.25) is 4.90 Å². The standard InChI is InChI=1S/C12H13F6NO/c1-2-19(7-11(13,14)15)6-8-3-4-10(20)9(5-8)12(16,17)18/h3-5,20H,2,6-7H2,1H3. The van der Waals surface area contributed by atoms with E-state index in [-0.39, 0.29) is 18.7 Å². The molecule has 0 atom stereocenters. The zero-order valence-corrected chi connectivity index (χ0v) is 10.5. The minimum atomic E-state index is -4.75. The van der Waals surface area contributed by atoms with E-state index in [1.54, 1.807) is 0 Å². The van der Waals surface area contributed by atoms with Crippen LogP contribution in [0.4, 0.5) is 26.3 Å². The summed E-state index contributed by atoms with van der Waals surface area (Å²) >= 11 is 0. The van der Waals surface area contributed by atoms with Gasteiger partial charge in [0.25, 0.3) is 0 Å². The lowest BCUT2D eigenvalue weighted by atomic mass is 10.1. The van der Waals surface area contributed by atoms with Crippen molar-refractivity contribution < 1.29 is 31.4 Å². The molecule has 0 aliphatic rings. The molecule has 8 heteroatoms. The van der Waals surface area contributed by atoms with E-state index < -0.39 is 30.2 Å². The van der Waals surface area contributed by atoms with Gasteiger partial charge in [0, 0.05) is 6.54 Å². The predicted octanol–water partition coefficient (Wildman–Crippen LogP) is 3.80. The van der Waals surface area contributed by atoms with Crippen LogP contribution >= 0.6 is 0 Å². The fraction of sp³-hybridized carbons (Fsp3) is 0.500. The molecule has 114 valence electrons. The zero-order chi connectivity index (χ0) is 15.6. The molecule has 1 N–H and O–H groups in total. The molecule has 1 aromatic carbocycles. The minimum Gasteiger partial charge on any atom is -0.507 e. The van der Waals surface area contributed by atoms with Gasteiger partial charge in [-0.2, -0.15) is 26.3 Å². The van der Waals surface area contributed by atoms with E-state index in [1.165, 1.54) is 13.0 Å². The Hall–Kier alpha value is -1.44. The Morgan fingerprint density at radius 2 is 1.70 bits per heavy atom. The summed E-state index contributed by atoms with van der Waals surface area (Å²) in [4.78, 5) is 0.965. The number of halogens is 6. The van der Waals surface area contributed by atoms with Crippen LogP contribution in [0.5, 0.6) is 5.75 Å². The molecule has 0 aromatic heterocycles. The zero-order valence-electron chi connectivity index (χ0n) is 10.5. The van der Waals surface area contributed by atoms with Crippen molar-refractivity contribution >= 4 is 0 Å². The number of aromatic hydroxyl groups is 1. The molecule has 0 amide bonds. The van der Waals surface area contributed by atoms with Crippen LogP contribution in [0.15, 0.2) is 18.2 Å². The average Bonchev–Trinajstić information content (AvgIpc) is 2.27. The van der Waals surface area contributed by atoms with E-state index in [0.29, 0.717) is 6.07 Å². The Balaban J connectivity index is 2.92. The maximum absolute atomic E-state index is 12.6. The lowest BCUT2D eigenvalue weighted by Gasteiger charge is -2.22. The predicted molar refractivity (Wildman–Crippen MR) is 60.1 cm³/mol. The molecule has 0 bridgehead atoms. The summed E-state index contributed by atoms with van der Waals surface area (Å²) in [6, 6.07) is 2.66. The molecule has 0 heterocycles. The number of alkyl halides is 6. The fourth-order valence-corrected chi connectivity index (χ4v) is 1.70. The van der Waals surface area contributed by atoms with Crippen LogP contribution in [0.3, 0.4) is 0 Å². The lowest BCUT2D eigenvalue weighted by Crippen LogP contribution is -2.33. The summed E-state index contributed by atoms with van der Waals surface area (Å²) in [5.41, 5.74) is -1.20. The van der Waals surface area contributed by atoms with Crippen LogP contribution in [-0.4, -0.2) is 29.3 Å². The van der Waals surface area contributed by atoms with Gasteiger partial charge in [-0.15, -0.1) is 0 Å². The molecule has 20 heavy (non-hydrogen) atoms. The molecule has 2 nitrogen and oxygen atoms in total. The van der Waals surface area contributed by atoms with E-state index in [9.17, 15) is 26.3 Å². The Morgan fingerprint density at radius 1 is 1.10 bits per heavy atom. The number of phenols is 1. The van der Waals surface area contributed by atoms with Crippen molar-refractivity contribution in [3.63, 3.8) is 0 Å². The first-order valence-electron chi connectivity index (χ1n) is 5.71. The minimum absolute atomic E-state index is 0.0434. The molecule has 0 radical (unpaired) electrons. The van der Waals surface area contributed by atoms with Crippen molar-refractivity contribution in [2.45, 2.75) is 25.8 Å². The molecule has 1 rings (SSSR count). The summed E-state index contributed by atoms with van der Waals surface area (Å²) in [5, 5.41) is 9.13. The van der Waals surface area contributed by atoms with E-state index in [4.69, 9.17) is 5.11 Å². The molecular formula is C12H13F6NO. The van der Waals surface area contributed by atoms with Crippen LogP contribution in [-0.2, 0) is 12.7 Å². The maximum atomic E-state index is 12.6. The first-order valence-corrected chi connectivity index (χ1v) is 5.71. The summed E-state index contributed by atoms with van der Waals surface area (Å²) in [6.07, 6.45) is -9.17. The van der Waals surface area contributed by atoms with Crippen molar-refractivity contribution in [1.82, 2.24) is 4.90 Å². The van der Waals surface area contributed by atoms with Gasteiger partial charge in [-0.05, 0) is 24.2 Å². The molecule has 0 spiro atoms. The molecule has 0 unspecified atom stereocenters. The Morgan fingerprint density at radius 3 is 2.15 bits per heavy atom. The number of benzene rings is 1. The highest BCUT2D eigenvalue weighted by Gasteiger charge is 2.34. The second-order valence-electron chi connectivity index (χ2n) is 4.27. The second kappa shape index (κ2) is 5.90. The lowest BCUT2D eigenvalue weighted by molar-refractivity contribution is -0.147. The van der Waals surface area contributed by atoms with Crippen molar-refractivity contribution in [2.75, 3.05) is 13.1 Å². The van der Waals surface area contributed by atoms with E-state index >= 15 is 0 Å². The smallest absolute Gasteiger partial charge is 0.419 e. The van der Waals surface area contributed by atoms with Crippen molar-refractivity contribution in [3.05, 3.63) is 29.3 Å². The number of hydrogen-bond donors (Lipinski definition) is 1. The molecule has 0 aliphatic heterocycles. The van der Waals surface area contributed by atoms with Gasteiger partial charge in [-0.25, -0.2) is 0 Å².